The minimum Gasteiger partial charge on any atom is -0.294 e. The SMILES string of the molecule is CC(=O)c1ccccc1-c1ccc(C)cc1. The van der Waals surface area contributed by atoms with E-state index in [0.29, 0.717) is 0 Å². The predicted molar refractivity (Wildman–Crippen MR) is 66.6 cm³/mol. The van der Waals surface area contributed by atoms with E-state index in [1.165, 1.54) is 5.56 Å². The summed E-state index contributed by atoms with van der Waals surface area (Å²) in [5, 5.41) is 0. The maximum atomic E-state index is 11.5. The Morgan fingerprint density at radius 1 is 0.938 bits per heavy atom. The Bertz CT molecular complexity index is 509. The molecule has 0 unspecified atom stereocenters. The van der Waals surface area contributed by atoms with Crippen molar-refractivity contribution in [1.29, 1.82) is 0 Å². The van der Waals surface area contributed by atoms with Gasteiger partial charge in [-0.3, -0.25) is 4.79 Å². The van der Waals surface area contributed by atoms with E-state index < -0.39 is 0 Å². The van der Waals surface area contributed by atoms with Crippen LogP contribution in [-0.2, 0) is 0 Å². The first kappa shape index (κ1) is 10.6. The van der Waals surface area contributed by atoms with E-state index in [9.17, 15) is 4.79 Å². The molecule has 0 fully saturated rings. The van der Waals surface area contributed by atoms with Crippen molar-refractivity contribution >= 4 is 5.78 Å². The topological polar surface area (TPSA) is 17.1 Å². The highest BCUT2D eigenvalue weighted by Gasteiger charge is 2.07. The second-order valence-electron chi connectivity index (χ2n) is 3.97. The molecule has 1 heteroatoms. The lowest BCUT2D eigenvalue weighted by molar-refractivity contribution is 0.101. The van der Waals surface area contributed by atoms with Gasteiger partial charge in [-0.1, -0.05) is 54.1 Å². The lowest BCUT2D eigenvalue weighted by atomic mass is 9.97. The summed E-state index contributed by atoms with van der Waals surface area (Å²) in [6.45, 7) is 3.66. The van der Waals surface area contributed by atoms with Crippen LogP contribution in [0.2, 0.25) is 0 Å². The second-order valence-corrected chi connectivity index (χ2v) is 3.97. The van der Waals surface area contributed by atoms with Gasteiger partial charge in [0.1, 0.15) is 0 Å². The van der Waals surface area contributed by atoms with Crippen LogP contribution in [-0.4, -0.2) is 5.78 Å². The van der Waals surface area contributed by atoms with Crippen LogP contribution in [0.4, 0.5) is 0 Å². The number of carbonyl (C=O) groups excluding carboxylic acids is 1. The van der Waals surface area contributed by atoms with E-state index in [4.69, 9.17) is 0 Å². The number of hydrogen-bond acceptors (Lipinski definition) is 1. The number of ketones is 1. The molecule has 16 heavy (non-hydrogen) atoms. The van der Waals surface area contributed by atoms with E-state index in [0.717, 1.165) is 16.7 Å². The molecule has 0 radical (unpaired) electrons. The fourth-order valence-corrected chi connectivity index (χ4v) is 1.77. The van der Waals surface area contributed by atoms with Crippen molar-refractivity contribution in [3.8, 4) is 11.1 Å². The van der Waals surface area contributed by atoms with Gasteiger partial charge in [-0.25, -0.2) is 0 Å². The van der Waals surface area contributed by atoms with Gasteiger partial charge in [0, 0.05) is 5.56 Å². The van der Waals surface area contributed by atoms with E-state index in [-0.39, 0.29) is 5.78 Å². The zero-order valence-electron chi connectivity index (χ0n) is 9.53. The van der Waals surface area contributed by atoms with Crippen molar-refractivity contribution in [2.45, 2.75) is 13.8 Å². The highest BCUT2D eigenvalue weighted by atomic mass is 16.1. The zero-order valence-corrected chi connectivity index (χ0v) is 9.53. The smallest absolute Gasteiger partial charge is 0.160 e. The lowest BCUT2D eigenvalue weighted by Crippen LogP contribution is -1.95. The van der Waals surface area contributed by atoms with Crippen molar-refractivity contribution < 1.29 is 4.79 Å². The Kier molecular flexibility index (Phi) is 2.86. The highest BCUT2D eigenvalue weighted by Crippen LogP contribution is 2.24. The monoisotopic (exact) mass is 210 g/mol. The molecule has 0 aliphatic rings. The summed E-state index contributed by atoms with van der Waals surface area (Å²) in [6, 6.07) is 15.9. The summed E-state index contributed by atoms with van der Waals surface area (Å²) in [5.74, 6) is 0.108. The first-order valence-corrected chi connectivity index (χ1v) is 5.35. The molecule has 80 valence electrons. The fraction of sp³-hybridized carbons (Fsp3) is 0.133. The first-order valence-electron chi connectivity index (χ1n) is 5.35. The molecule has 1 nitrogen and oxygen atoms in total. The van der Waals surface area contributed by atoms with Crippen LogP contribution in [0.5, 0.6) is 0 Å². The molecule has 2 aromatic carbocycles. The summed E-state index contributed by atoms with van der Waals surface area (Å²) in [6.07, 6.45) is 0. The zero-order chi connectivity index (χ0) is 11.5. The summed E-state index contributed by atoms with van der Waals surface area (Å²) >= 11 is 0. The Morgan fingerprint density at radius 3 is 2.19 bits per heavy atom. The maximum absolute atomic E-state index is 11.5. The summed E-state index contributed by atoms with van der Waals surface area (Å²) in [4.78, 5) is 11.5. The molecule has 0 heterocycles. The molecule has 0 saturated heterocycles. The van der Waals surface area contributed by atoms with E-state index in [1.54, 1.807) is 6.92 Å². The van der Waals surface area contributed by atoms with Crippen LogP contribution in [0.15, 0.2) is 48.5 Å². The van der Waals surface area contributed by atoms with Crippen molar-refractivity contribution in [2.24, 2.45) is 0 Å². The highest BCUT2D eigenvalue weighted by molar-refractivity contribution is 6.00. The molecule has 0 aliphatic carbocycles. The third-order valence-electron chi connectivity index (χ3n) is 2.67. The van der Waals surface area contributed by atoms with Gasteiger partial charge in [-0.2, -0.15) is 0 Å². The van der Waals surface area contributed by atoms with Gasteiger partial charge in [0.05, 0.1) is 0 Å². The Labute approximate surface area is 95.7 Å². The molecule has 2 rings (SSSR count). The molecule has 2 aromatic rings. The largest absolute Gasteiger partial charge is 0.294 e. The Balaban J connectivity index is 2.55. The van der Waals surface area contributed by atoms with Gasteiger partial charge >= 0.3 is 0 Å². The third-order valence-corrected chi connectivity index (χ3v) is 2.67. The van der Waals surface area contributed by atoms with E-state index in [2.05, 4.69) is 31.2 Å². The van der Waals surface area contributed by atoms with Crippen molar-refractivity contribution in [2.75, 3.05) is 0 Å². The molecular weight excluding hydrogens is 196 g/mol. The van der Waals surface area contributed by atoms with Gasteiger partial charge in [0.25, 0.3) is 0 Å². The minimum absolute atomic E-state index is 0.108. The van der Waals surface area contributed by atoms with Crippen LogP contribution in [0.25, 0.3) is 11.1 Å². The maximum Gasteiger partial charge on any atom is 0.160 e. The molecule has 0 aromatic heterocycles. The number of Topliss-reactive ketones (excluding diaryl/α,β-unsaturated/α-hetero) is 1. The van der Waals surface area contributed by atoms with Crippen molar-refractivity contribution in [1.82, 2.24) is 0 Å². The summed E-state index contributed by atoms with van der Waals surface area (Å²) < 4.78 is 0. The number of benzene rings is 2. The second kappa shape index (κ2) is 4.31. The first-order chi connectivity index (χ1) is 7.68. The van der Waals surface area contributed by atoms with Crippen LogP contribution in [0.3, 0.4) is 0 Å². The molecule has 0 atom stereocenters. The van der Waals surface area contributed by atoms with Crippen LogP contribution in [0.1, 0.15) is 22.8 Å². The Hall–Kier alpha value is -1.89. The minimum atomic E-state index is 0.108. The molecule has 0 saturated carbocycles. The standard InChI is InChI=1S/C15H14O/c1-11-7-9-13(10-8-11)15-6-4-3-5-14(15)12(2)16/h3-10H,1-2H3. The van der Waals surface area contributed by atoms with Crippen LogP contribution < -0.4 is 0 Å². The molecule has 0 N–H and O–H groups in total. The lowest BCUT2D eigenvalue weighted by Gasteiger charge is -2.07. The van der Waals surface area contributed by atoms with Crippen LogP contribution in [0, 0.1) is 6.92 Å². The normalized spacial score (nSPS) is 10.1. The van der Waals surface area contributed by atoms with Gasteiger partial charge in [-0.05, 0) is 25.0 Å². The fourth-order valence-electron chi connectivity index (χ4n) is 1.77. The van der Waals surface area contributed by atoms with Crippen LogP contribution >= 0.6 is 0 Å². The molecule has 0 amide bonds. The van der Waals surface area contributed by atoms with Gasteiger partial charge in [0.15, 0.2) is 5.78 Å². The third kappa shape index (κ3) is 2.03. The molecular formula is C15H14O. The quantitative estimate of drug-likeness (QED) is 0.688. The molecule has 0 bridgehead atoms. The molecule has 0 spiro atoms. The van der Waals surface area contributed by atoms with Gasteiger partial charge in [-0.15, -0.1) is 0 Å². The van der Waals surface area contributed by atoms with Crippen molar-refractivity contribution in [3.05, 3.63) is 59.7 Å². The van der Waals surface area contributed by atoms with Gasteiger partial charge in [0.2, 0.25) is 0 Å². The summed E-state index contributed by atoms with van der Waals surface area (Å²) in [7, 11) is 0. The van der Waals surface area contributed by atoms with Crippen molar-refractivity contribution in [3.63, 3.8) is 0 Å². The average Bonchev–Trinajstić information content (AvgIpc) is 2.30. The predicted octanol–water partition coefficient (Wildman–Crippen LogP) is 3.86. The Morgan fingerprint density at radius 2 is 1.56 bits per heavy atom. The average molecular weight is 210 g/mol. The van der Waals surface area contributed by atoms with E-state index >= 15 is 0 Å². The number of carbonyl (C=O) groups is 1. The van der Waals surface area contributed by atoms with E-state index in [1.807, 2.05) is 24.3 Å². The molecule has 0 aliphatic heterocycles. The van der Waals surface area contributed by atoms with Gasteiger partial charge < -0.3 is 0 Å². The number of aryl methyl sites for hydroxylation is 1. The summed E-state index contributed by atoms with van der Waals surface area (Å²) in [5.41, 5.74) is 4.11. The number of rotatable bonds is 2. The number of hydrogen-bond donors (Lipinski definition) is 0.